The van der Waals surface area contributed by atoms with Crippen molar-refractivity contribution in [1.29, 1.82) is 0 Å². The second kappa shape index (κ2) is 9.90. The Morgan fingerprint density at radius 1 is 1.23 bits per heavy atom. The number of benzene rings is 1. The summed E-state index contributed by atoms with van der Waals surface area (Å²) in [6.45, 7) is 3.82. The number of halogens is 3. The minimum Gasteiger partial charge on any atom is -0.350 e. The zero-order valence-corrected chi connectivity index (χ0v) is 14.7. The van der Waals surface area contributed by atoms with Crippen LogP contribution in [0.5, 0.6) is 0 Å². The molecule has 4 N–H and O–H groups in total. The van der Waals surface area contributed by atoms with Crippen LogP contribution in [0.1, 0.15) is 19.4 Å². The first-order chi connectivity index (χ1) is 9.81. The smallest absolute Gasteiger partial charge is 0.239 e. The number of rotatable bonds is 6. The Morgan fingerprint density at radius 2 is 1.86 bits per heavy atom. The van der Waals surface area contributed by atoms with Crippen LogP contribution >= 0.6 is 35.6 Å². The van der Waals surface area contributed by atoms with Gasteiger partial charge in [0.15, 0.2) is 0 Å². The molecule has 0 aromatic heterocycles. The largest absolute Gasteiger partial charge is 0.350 e. The first kappa shape index (κ1) is 21.0. The van der Waals surface area contributed by atoms with Gasteiger partial charge in [-0.3, -0.25) is 9.59 Å². The van der Waals surface area contributed by atoms with Crippen molar-refractivity contribution in [1.82, 2.24) is 10.6 Å². The molecule has 22 heavy (non-hydrogen) atoms. The lowest BCUT2D eigenvalue weighted by atomic mass is 10.1. The number of hydrogen-bond donors (Lipinski definition) is 3. The highest BCUT2D eigenvalue weighted by Gasteiger charge is 2.17. The van der Waals surface area contributed by atoms with Crippen LogP contribution in [0.25, 0.3) is 0 Å². The molecule has 0 saturated carbocycles. The SMILES string of the molecule is CC(C)[C@H](N)C(=O)NCC(=O)NCc1ccc(Cl)cc1Cl.Cl. The summed E-state index contributed by atoms with van der Waals surface area (Å²) >= 11 is 11.8. The molecule has 0 spiro atoms. The minimum atomic E-state index is -0.622. The van der Waals surface area contributed by atoms with Gasteiger partial charge in [-0.05, 0) is 23.6 Å². The fourth-order valence-electron chi connectivity index (χ4n) is 1.51. The van der Waals surface area contributed by atoms with Gasteiger partial charge in [0.1, 0.15) is 0 Å². The maximum absolute atomic E-state index is 11.7. The predicted octanol–water partition coefficient (Wildman–Crippen LogP) is 2.13. The van der Waals surface area contributed by atoms with E-state index in [2.05, 4.69) is 10.6 Å². The van der Waals surface area contributed by atoms with Gasteiger partial charge in [-0.2, -0.15) is 0 Å². The lowest BCUT2D eigenvalue weighted by Crippen LogP contribution is -2.47. The molecule has 1 rings (SSSR count). The second-order valence-electron chi connectivity index (χ2n) is 5.00. The van der Waals surface area contributed by atoms with Crippen molar-refractivity contribution in [2.24, 2.45) is 11.7 Å². The molecule has 0 radical (unpaired) electrons. The van der Waals surface area contributed by atoms with Crippen molar-refractivity contribution < 1.29 is 9.59 Å². The van der Waals surface area contributed by atoms with Gasteiger partial charge in [0.05, 0.1) is 12.6 Å². The molecule has 0 aliphatic heterocycles. The van der Waals surface area contributed by atoms with Crippen LogP contribution in [-0.2, 0) is 16.1 Å². The third-order valence-corrected chi connectivity index (χ3v) is 3.52. The third-order valence-electron chi connectivity index (χ3n) is 2.94. The summed E-state index contributed by atoms with van der Waals surface area (Å²) in [6, 6.07) is 4.41. The summed E-state index contributed by atoms with van der Waals surface area (Å²) in [6.07, 6.45) is 0. The van der Waals surface area contributed by atoms with Gasteiger partial charge >= 0.3 is 0 Å². The molecule has 0 fully saturated rings. The van der Waals surface area contributed by atoms with Crippen LogP contribution in [0.3, 0.4) is 0 Å². The Hall–Kier alpha value is -1.01. The third kappa shape index (κ3) is 6.83. The van der Waals surface area contributed by atoms with E-state index in [4.69, 9.17) is 28.9 Å². The first-order valence-electron chi connectivity index (χ1n) is 6.55. The van der Waals surface area contributed by atoms with Crippen LogP contribution in [-0.4, -0.2) is 24.4 Å². The molecule has 0 heterocycles. The van der Waals surface area contributed by atoms with E-state index in [9.17, 15) is 9.59 Å². The topological polar surface area (TPSA) is 84.2 Å². The standard InChI is InChI=1S/C14H19Cl2N3O2.ClH/c1-8(2)13(17)14(21)19-7-12(20)18-6-9-3-4-10(15)5-11(9)16;/h3-5,8,13H,6-7,17H2,1-2H3,(H,18,20)(H,19,21);1H/t13-;/m0./s1. The number of nitrogens with one attached hydrogen (secondary N) is 2. The second-order valence-corrected chi connectivity index (χ2v) is 5.84. The van der Waals surface area contributed by atoms with E-state index < -0.39 is 6.04 Å². The average molecular weight is 369 g/mol. The highest BCUT2D eigenvalue weighted by molar-refractivity contribution is 6.35. The summed E-state index contributed by atoms with van der Waals surface area (Å²) in [4.78, 5) is 23.3. The zero-order chi connectivity index (χ0) is 16.0. The van der Waals surface area contributed by atoms with Gasteiger partial charge in [0.25, 0.3) is 0 Å². The fraction of sp³-hybridized carbons (Fsp3) is 0.429. The summed E-state index contributed by atoms with van der Waals surface area (Å²) < 4.78 is 0. The van der Waals surface area contributed by atoms with E-state index in [1.54, 1.807) is 18.2 Å². The lowest BCUT2D eigenvalue weighted by Gasteiger charge is -2.15. The quantitative estimate of drug-likeness (QED) is 0.719. The molecule has 1 atom stereocenters. The summed E-state index contributed by atoms with van der Waals surface area (Å²) in [5, 5.41) is 6.17. The molecule has 0 aliphatic rings. The van der Waals surface area contributed by atoms with Crippen LogP contribution in [0, 0.1) is 5.92 Å². The van der Waals surface area contributed by atoms with Crippen LogP contribution in [0.2, 0.25) is 10.0 Å². The Kier molecular flexibility index (Phi) is 9.44. The molecule has 1 aromatic carbocycles. The van der Waals surface area contributed by atoms with Gasteiger partial charge in [-0.1, -0.05) is 43.1 Å². The molecular formula is C14H20Cl3N3O2. The van der Waals surface area contributed by atoms with E-state index in [0.717, 1.165) is 5.56 Å². The minimum absolute atomic E-state index is 0. The highest BCUT2D eigenvalue weighted by Crippen LogP contribution is 2.20. The van der Waals surface area contributed by atoms with Crippen LogP contribution < -0.4 is 16.4 Å². The number of carbonyl (C=O) groups excluding carboxylic acids is 2. The predicted molar refractivity (Wildman–Crippen MR) is 91.4 cm³/mol. The maximum atomic E-state index is 11.7. The molecule has 124 valence electrons. The van der Waals surface area contributed by atoms with E-state index in [0.29, 0.717) is 10.0 Å². The van der Waals surface area contributed by atoms with Gasteiger partial charge in [-0.25, -0.2) is 0 Å². The summed E-state index contributed by atoms with van der Waals surface area (Å²) in [7, 11) is 0. The van der Waals surface area contributed by atoms with Gasteiger partial charge in [-0.15, -0.1) is 12.4 Å². The Bertz CT molecular complexity index is 524. The molecule has 0 aliphatic carbocycles. The number of nitrogens with two attached hydrogens (primary N) is 1. The normalized spacial score (nSPS) is 11.5. The van der Waals surface area contributed by atoms with Crippen molar-refractivity contribution in [3.05, 3.63) is 33.8 Å². The van der Waals surface area contributed by atoms with Gasteiger partial charge in [0, 0.05) is 16.6 Å². The first-order valence-corrected chi connectivity index (χ1v) is 7.30. The van der Waals surface area contributed by atoms with Crippen molar-refractivity contribution in [2.45, 2.75) is 26.4 Å². The molecular weight excluding hydrogens is 349 g/mol. The number of hydrogen-bond acceptors (Lipinski definition) is 3. The van der Waals surface area contributed by atoms with Gasteiger partial charge < -0.3 is 16.4 Å². The molecule has 5 nitrogen and oxygen atoms in total. The molecule has 0 saturated heterocycles. The van der Waals surface area contributed by atoms with Gasteiger partial charge in [0.2, 0.25) is 11.8 Å². The Morgan fingerprint density at radius 3 is 2.41 bits per heavy atom. The molecule has 8 heteroatoms. The van der Waals surface area contributed by atoms with E-state index in [-0.39, 0.29) is 43.2 Å². The molecule has 2 amide bonds. The fourth-order valence-corrected chi connectivity index (χ4v) is 1.98. The zero-order valence-electron chi connectivity index (χ0n) is 12.4. The molecule has 0 bridgehead atoms. The Labute approximate surface area is 146 Å². The average Bonchev–Trinajstić information content (AvgIpc) is 2.42. The lowest BCUT2D eigenvalue weighted by molar-refractivity contribution is -0.127. The van der Waals surface area contributed by atoms with E-state index >= 15 is 0 Å². The van der Waals surface area contributed by atoms with E-state index in [1.807, 2.05) is 13.8 Å². The number of amides is 2. The van der Waals surface area contributed by atoms with Crippen molar-refractivity contribution in [3.8, 4) is 0 Å². The van der Waals surface area contributed by atoms with Crippen molar-refractivity contribution in [2.75, 3.05) is 6.54 Å². The van der Waals surface area contributed by atoms with Crippen LogP contribution in [0.4, 0.5) is 0 Å². The summed E-state index contributed by atoms with van der Waals surface area (Å²) in [5.41, 5.74) is 6.42. The van der Waals surface area contributed by atoms with Crippen LogP contribution in [0.15, 0.2) is 18.2 Å². The van der Waals surface area contributed by atoms with Crippen molar-refractivity contribution in [3.63, 3.8) is 0 Å². The molecule has 1 aromatic rings. The summed E-state index contributed by atoms with van der Waals surface area (Å²) in [5.74, 6) is -0.643. The highest BCUT2D eigenvalue weighted by atomic mass is 35.5. The monoisotopic (exact) mass is 367 g/mol. The van der Waals surface area contributed by atoms with E-state index in [1.165, 1.54) is 0 Å². The maximum Gasteiger partial charge on any atom is 0.239 e. The Balaban J connectivity index is 0.00000441. The molecule has 0 unspecified atom stereocenters. The van der Waals surface area contributed by atoms with Crippen molar-refractivity contribution >= 4 is 47.4 Å². The number of carbonyl (C=O) groups is 2.